The molecule has 0 atom stereocenters. The van der Waals surface area contributed by atoms with E-state index in [0.29, 0.717) is 5.75 Å². The zero-order valence-corrected chi connectivity index (χ0v) is 12.5. The van der Waals surface area contributed by atoms with E-state index < -0.39 is 5.54 Å². The third kappa shape index (κ3) is 3.92. The molecule has 0 saturated heterocycles. The maximum atomic E-state index is 11.7. The number of benzene rings is 1. The molecule has 2 N–H and O–H groups in total. The summed E-state index contributed by atoms with van der Waals surface area (Å²) in [4.78, 5) is 16.2. The van der Waals surface area contributed by atoms with Crippen LogP contribution in [0.15, 0.2) is 28.6 Å². The molecule has 0 saturated carbocycles. The molecular weight excluding hydrogens is 280 g/mol. The summed E-state index contributed by atoms with van der Waals surface area (Å²) in [5.74, 6) is 0.215. The predicted molar refractivity (Wildman–Crippen MR) is 79.7 cm³/mol. The monoisotopic (exact) mass is 296 g/mol. The minimum atomic E-state index is -0.578. The first kappa shape index (κ1) is 14.3. The van der Waals surface area contributed by atoms with Crippen LogP contribution >= 0.6 is 23.1 Å². The second-order valence-electron chi connectivity index (χ2n) is 4.83. The number of thiazole rings is 1. The molecule has 1 amide bonds. The van der Waals surface area contributed by atoms with Crippen LogP contribution in [0.25, 0.3) is 10.2 Å². The number of hydrogen-bond acceptors (Lipinski definition) is 5. The van der Waals surface area contributed by atoms with Crippen LogP contribution in [-0.4, -0.2) is 33.9 Å². The number of aliphatic hydroxyl groups is 1. The molecule has 2 aromatic rings. The van der Waals surface area contributed by atoms with Gasteiger partial charge >= 0.3 is 0 Å². The predicted octanol–water partition coefficient (Wildman–Crippen LogP) is 2.28. The first-order valence-corrected chi connectivity index (χ1v) is 7.71. The average Bonchev–Trinajstić information content (AvgIpc) is 2.78. The van der Waals surface area contributed by atoms with Crippen LogP contribution in [0.3, 0.4) is 0 Å². The number of para-hydroxylation sites is 1. The van der Waals surface area contributed by atoms with Crippen LogP contribution in [0.1, 0.15) is 13.8 Å². The number of nitrogens with one attached hydrogen (secondary N) is 1. The molecule has 19 heavy (non-hydrogen) atoms. The highest BCUT2D eigenvalue weighted by molar-refractivity contribution is 8.01. The Hall–Kier alpha value is -1.11. The maximum absolute atomic E-state index is 11.7. The van der Waals surface area contributed by atoms with E-state index in [1.54, 1.807) is 25.2 Å². The van der Waals surface area contributed by atoms with Gasteiger partial charge in [0.15, 0.2) is 4.34 Å². The van der Waals surface area contributed by atoms with E-state index in [1.165, 1.54) is 11.8 Å². The number of aromatic nitrogens is 1. The Kier molecular flexibility index (Phi) is 4.44. The maximum Gasteiger partial charge on any atom is 0.230 e. The van der Waals surface area contributed by atoms with Crippen LogP contribution < -0.4 is 5.32 Å². The minimum absolute atomic E-state index is 0.0788. The molecule has 2 rings (SSSR count). The van der Waals surface area contributed by atoms with Crippen molar-refractivity contribution in [3.63, 3.8) is 0 Å². The van der Waals surface area contributed by atoms with Crippen LogP contribution in [0.5, 0.6) is 0 Å². The van der Waals surface area contributed by atoms with E-state index in [0.717, 1.165) is 14.6 Å². The summed E-state index contributed by atoms with van der Waals surface area (Å²) < 4.78 is 2.01. The zero-order valence-electron chi connectivity index (χ0n) is 10.8. The Morgan fingerprint density at radius 2 is 2.21 bits per heavy atom. The van der Waals surface area contributed by atoms with Gasteiger partial charge in [-0.15, -0.1) is 11.3 Å². The van der Waals surface area contributed by atoms with Gasteiger partial charge in [0.25, 0.3) is 0 Å². The molecule has 4 nitrogen and oxygen atoms in total. The van der Waals surface area contributed by atoms with Gasteiger partial charge in [-0.05, 0) is 26.0 Å². The van der Waals surface area contributed by atoms with E-state index in [-0.39, 0.29) is 12.5 Å². The lowest BCUT2D eigenvalue weighted by Crippen LogP contribution is -2.47. The second kappa shape index (κ2) is 5.90. The smallest absolute Gasteiger partial charge is 0.230 e. The Balaban J connectivity index is 1.93. The molecule has 0 unspecified atom stereocenters. The number of carbonyl (C=O) groups is 1. The molecule has 0 bridgehead atoms. The van der Waals surface area contributed by atoms with Crippen molar-refractivity contribution in [1.29, 1.82) is 0 Å². The van der Waals surface area contributed by atoms with Gasteiger partial charge in [0.05, 0.1) is 28.1 Å². The van der Waals surface area contributed by atoms with E-state index >= 15 is 0 Å². The topological polar surface area (TPSA) is 62.2 Å². The van der Waals surface area contributed by atoms with E-state index in [2.05, 4.69) is 10.3 Å². The first-order chi connectivity index (χ1) is 9.00. The molecule has 1 aromatic carbocycles. The van der Waals surface area contributed by atoms with Crippen molar-refractivity contribution in [1.82, 2.24) is 10.3 Å². The fourth-order valence-electron chi connectivity index (χ4n) is 1.49. The summed E-state index contributed by atoms with van der Waals surface area (Å²) in [5, 5.41) is 11.9. The largest absolute Gasteiger partial charge is 0.394 e. The van der Waals surface area contributed by atoms with Gasteiger partial charge in [0.1, 0.15) is 0 Å². The highest BCUT2D eigenvalue weighted by Crippen LogP contribution is 2.29. The summed E-state index contributed by atoms with van der Waals surface area (Å²) in [6, 6.07) is 7.91. The molecule has 102 valence electrons. The van der Waals surface area contributed by atoms with Crippen molar-refractivity contribution in [3.05, 3.63) is 24.3 Å². The van der Waals surface area contributed by atoms with Gasteiger partial charge in [-0.2, -0.15) is 0 Å². The van der Waals surface area contributed by atoms with Gasteiger partial charge in [0.2, 0.25) is 5.91 Å². The van der Waals surface area contributed by atoms with Crippen LogP contribution in [0, 0.1) is 0 Å². The quantitative estimate of drug-likeness (QED) is 0.831. The third-order valence-electron chi connectivity index (χ3n) is 2.47. The number of fused-ring (bicyclic) bond motifs is 1. The van der Waals surface area contributed by atoms with Crippen molar-refractivity contribution >= 4 is 39.2 Å². The average molecular weight is 296 g/mol. The Labute approximate surface area is 120 Å². The Morgan fingerprint density at radius 3 is 2.89 bits per heavy atom. The van der Waals surface area contributed by atoms with Gasteiger partial charge in [-0.3, -0.25) is 4.79 Å². The lowest BCUT2D eigenvalue weighted by Gasteiger charge is -2.23. The fraction of sp³-hybridized carbons (Fsp3) is 0.385. The Bertz CT molecular complexity index is 548. The van der Waals surface area contributed by atoms with Crippen LogP contribution in [0.2, 0.25) is 0 Å². The van der Waals surface area contributed by atoms with Crippen molar-refractivity contribution in [2.24, 2.45) is 0 Å². The number of hydrogen-bond donors (Lipinski definition) is 2. The lowest BCUT2D eigenvalue weighted by molar-refractivity contribution is -0.120. The normalized spacial score (nSPS) is 11.7. The number of rotatable bonds is 5. The summed E-state index contributed by atoms with van der Waals surface area (Å²) in [6.07, 6.45) is 0. The number of aliphatic hydroxyl groups excluding tert-OH is 1. The highest BCUT2D eigenvalue weighted by Gasteiger charge is 2.19. The van der Waals surface area contributed by atoms with Gasteiger partial charge in [0, 0.05) is 0 Å². The molecular formula is C13H16N2O2S2. The number of nitrogens with zero attached hydrogens (tertiary/aromatic N) is 1. The van der Waals surface area contributed by atoms with E-state index in [4.69, 9.17) is 5.11 Å². The summed E-state index contributed by atoms with van der Waals surface area (Å²) in [6.45, 7) is 3.49. The fourth-order valence-corrected chi connectivity index (χ4v) is 3.36. The Morgan fingerprint density at radius 1 is 1.47 bits per heavy atom. The molecule has 0 radical (unpaired) electrons. The van der Waals surface area contributed by atoms with Crippen LogP contribution in [-0.2, 0) is 4.79 Å². The van der Waals surface area contributed by atoms with E-state index in [9.17, 15) is 4.79 Å². The number of thioether (sulfide) groups is 1. The van der Waals surface area contributed by atoms with Gasteiger partial charge in [-0.1, -0.05) is 23.9 Å². The highest BCUT2D eigenvalue weighted by atomic mass is 32.2. The van der Waals surface area contributed by atoms with Crippen molar-refractivity contribution in [3.8, 4) is 0 Å². The lowest BCUT2D eigenvalue weighted by atomic mass is 10.1. The number of amides is 1. The SMILES string of the molecule is CC(C)(CO)NC(=O)CSc1nc2ccccc2s1. The van der Waals surface area contributed by atoms with Crippen molar-refractivity contribution in [2.45, 2.75) is 23.7 Å². The number of carbonyl (C=O) groups excluding carboxylic acids is 1. The minimum Gasteiger partial charge on any atom is -0.394 e. The molecule has 1 aromatic heterocycles. The molecule has 6 heteroatoms. The zero-order chi connectivity index (χ0) is 13.9. The summed E-state index contributed by atoms with van der Waals surface area (Å²) in [5.41, 5.74) is 0.386. The van der Waals surface area contributed by atoms with Crippen LogP contribution in [0.4, 0.5) is 0 Å². The van der Waals surface area contributed by atoms with Crippen molar-refractivity contribution < 1.29 is 9.90 Å². The standard InChI is InChI=1S/C13H16N2O2S2/c1-13(2,8-16)15-11(17)7-18-12-14-9-5-3-4-6-10(9)19-12/h3-6,16H,7-8H2,1-2H3,(H,15,17). The molecule has 0 aliphatic carbocycles. The second-order valence-corrected chi connectivity index (χ2v) is 7.08. The molecule has 0 spiro atoms. The first-order valence-electron chi connectivity index (χ1n) is 5.90. The molecule has 1 heterocycles. The molecule has 0 aliphatic heterocycles. The third-order valence-corrected chi connectivity index (χ3v) is 4.65. The summed E-state index contributed by atoms with van der Waals surface area (Å²) >= 11 is 3.00. The molecule has 0 fully saturated rings. The van der Waals surface area contributed by atoms with Crippen molar-refractivity contribution in [2.75, 3.05) is 12.4 Å². The van der Waals surface area contributed by atoms with E-state index in [1.807, 2.05) is 24.3 Å². The van der Waals surface area contributed by atoms with Gasteiger partial charge < -0.3 is 10.4 Å². The molecule has 0 aliphatic rings. The van der Waals surface area contributed by atoms with Gasteiger partial charge in [-0.25, -0.2) is 4.98 Å². The summed E-state index contributed by atoms with van der Waals surface area (Å²) in [7, 11) is 0.